The summed E-state index contributed by atoms with van der Waals surface area (Å²) in [5, 5.41) is 6.23. The first-order chi connectivity index (χ1) is 15.9. The molecule has 1 saturated carbocycles. The maximum atomic E-state index is 12.9. The third kappa shape index (κ3) is 6.14. The van der Waals surface area contributed by atoms with Gasteiger partial charge in [-0.25, -0.2) is 4.98 Å². The molecule has 2 aromatic heterocycles. The molecule has 0 bridgehead atoms. The summed E-state index contributed by atoms with van der Waals surface area (Å²) in [5.41, 5.74) is 2.92. The number of carbonyl (C=O) groups excluding carboxylic acids is 1. The van der Waals surface area contributed by atoms with E-state index in [1.54, 1.807) is 18.3 Å². The quantitative estimate of drug-likeness (QED) is 0.322. The van der Waals surface area contributed by atoms with Crippen molar-refractivity contribution in [2.75, 3.05) is 5.32 Å². The zero-order valence-corrected chi connectivity index (χ0v) is 20.0. The molecule has 184 valence electrons. The van der Waals surface area contributed by atoms with Crippen molar-refractivity contribution in [2.24, 2.45) is 0 Å². The van der Waals surface area contributed by atoms with E-state index in [1.807, 2.05) is 28.8 Å². The van der Waals surface area contributed by atoms with Crippen molar-refractivity contribution in [2.45, 2.75) is 31.1 Å². The van der Waals surface area contributed by atoms with Crippen LogP contribution in [0.5, 0.6) is 0 Å². The van der Waals surface area contributed by atoms with Crippen LogP contribution >= 0.6 is 24.8 Å². The molecule has 2 aromatic carbocycles. The molecule has 10 heteroatoms. The van der Waals surface area contributed by atoms with Crippen molar-refractivity contribution in [1.82, 2.24) is 14.7 Å². The van der Waals surface area contributed by atoms with Crippen LogP contribution in [0.2, 0.25) is 0 Å². The minimum Gasteiger partial charge on any atom is -0.322 e. The molecule has 2 heterocycles. The minimum absolute atomic E-state index is 0. The summed E-state index contributed by atoms with van der Waals surface area (Å²) < 4.78 is 40.6. The van der Waals surface area contributed by atoms with Gasteiger partial charge in [0.25, 0.3) is 5.91 Å². The Bertz CT molecular complexity index is 1310. The van der Waals surface area contributed by atoms with Crippen LogP contribution in [-0.2, 0) is 12.7 Å². The number of alkyl halides is 3. The molecule has 1 amide bonds. The summed E-state index contributed by atoms with van der Waals surface area (Å²) in [6, 6.07) is 16.3. The normalized spacial score (nSPS) is 16.8. The van der Waals surface area contributed by atoms with Gasteiger partial charge in [-0.2, -0.15) is 13.2 Å². The molecule has 2 atom stereocenters. The lowest BCUT2D eigenvalue weighted by atomic mass is 10.1. The largest absolute Gasteiger partial charge is 0.416 e. The predicted octanol–water partition coefficient (Wildman–Crippen LogP) is 6.09. The van der Waals surface area contributed by atoms with Gasteiger partial charge in [0, 0.05) is 48.3 Å². The number of imidazole rings is 1. The molecular weight excluding hydrogens is 500 g/mol. The Kier molecular flexibility index (Phi) is 8.10. The van der Waals surface area contributed by atoms with E-state index in [-0.39, 0.29) is 30.4 Å². The molecule has 4 aromatic rings. The molecule has 5 rings (SSSR count). The number of nitrogens with one attached hydrogen (secondary N) is 2. The average molecular weight is 523 g/mol. The summed E-state index contributed by atoms with van der Waals surface area (Å²) in [6.07, 6.45) is 2.30. The van der Waals surface area contributed by atoms with Gasteiger partial charge in [-0.15, -0.1) is 24.8 Å². The number of anilines is 1. The second-order valence-electron chi connectivity index (χ2n) is 8.21. The summed E-state index contributed by atoms with van der Waals surface area (Å²) in [4.78, 5) is 16.6. The second-order valence-corrected chi connectivity index (χ2v) is 8.21. The summed E-state index contributed by atoms with van der Waals surface area (Å²) in [7, 11) is 0. The number of benzene rings is 2. The van der Waals surface area contributed by atoms with Gasteiger partial charge in [0.2, 0.25) is 0 Å². The molecule has 5 nitrogen and oxygen atoms in total. The second kappa shape index (κ2) is 10.7. The van der Waals surface area contributed by atoms with Gasteiger partial charge >= 0.3 is 6.18 Å². The first-order valence-corrected chi connectivity index (χ1v) is 10.6. The number of fused-ring (bicyclic) bond motifs is 1. The van der Waals surface area contributed by atoms with Crippen molar-refractivity contribution in [3.8, 4) is 0 Å². The zero-order valence-electron chi connectivity index (χ0n) is 18.3. The van der Waals surface area contributed by atoms with Crippen molar-refractivity contribution in [1.29, 1.82) is 0 Å². The van der Waals surface area contributed by atoms with Crippen LogP contribution in [0.25, 0.3) is 5.65 Å². The Morgan fingerprint density at radius 2 is 1.83 bits per heavy atom. The summed E-state index contributed by atoms with van der Waals surface area (Å²) in [6.45, 7) is 0.764. The number of hydrogen-bond donors (Lipinski definition) is 2. The highest BCUT2D eigenvalue weighted by Crippen LogP contribution is 2.41. The first kappa shape index (κ1) is 26.5. The van der Waals surface area contributed by atoms with Crippen LogP contribution in [0, 0.1) is 0 Å². The highest BCUT2D eigenvalue weighted by Gasteiger charge is 2.37. The number of nitrogens with zero attached hydrogens (tertiary/aromatic N) is 2. The number of aromatic nitrogens is 2. The molecule has 0 saturated heterocycles. The number of hydrogen-bond acceptors (Lipinski definition) is 3. The molecular formula is C25H23Cl2F3N4O. The van der Waals surface area contributed by atoms with Crippen molar-refractivity contribution < 1.29 is 18.0 Å². The third-order valence-corrected chi connectivity index (χ3v) is 5.86. The number of amides is 1. The Morgan fingerprint density at radius 1 is 1.06 bits per heavy atom. The standard InChI is InChI=1S/C25H21F3N4O.2ClH/c26-25(27,28)19-3-1-2-18(12-19)24(33)31-20-7-5-17(6-8-20)21-13-22(21)30-14-16-4-9-23-29-10-11-32(23)15-16;;/h1-12,15,21-22,30H,13-14H2,(H,31,33);2*1H/t21-,22+;;/m0../s1. The molecule has 0 spiro atoms. The lowest BCUT2D eigenvalue weighted by Crippen LogP contribution is -2.17. The SMILES string of the molecule is Cl.Cl.O=C(Nc1ccc([C@@H]2C[C@H]2NCc2ccc3nccn3c2)cc1)c1cccc(C(F)(F)F)c1. The molecule has 0 aliphatic heterocycles. The van der Waals surface area contributed by atoms with Crippen molar-refractivity contribution in [3.63, 3.8) is 0 Å². The summed E-state index contributed by atoms with van der Waals surface area (Å²) in [5.74, 6) is -0.176. The van der Waals surface area contributed by atoms with Crippen LogP contribution in [0.3, 0.4) is 0 Å². The zero-order chi connectivity index (χ0) is 23.0. The van der Waals surface area contributed by atoms with E-state index >= 15 is 0 Å². The van der Waals surface area contributed by atoms with Crippen molar-refractivity contribution in [3.05, 3.63) is 102 Å². The van der Waals surface area contributed by atoms with Gasteiger partial charge in [0.1, 0.15) is 5.65 Å². The number of halogens is 5. The van der Waals surface area contributed by atoms with Crippen LogP contribution in [0.4, 0.5) is 18.9 Å². The van der Waals surface area contributed by atoms with Crippen LogP contribution in [0.1, 0.15) is 39.4 Å². The van der Waals surface area contributed by atoms with E-state index in [0.29, 0.717) is 17.6 Å². The van der Waals surface area contributed by atoms with Crippen LogP contribution in [0.15, 0.2) is 79.3 Å². The van der Waals surface area contributed by atoms with Gasteiger partial charge in [0.05, 0.1) is 5.56 Å². The summed E-state index contributed by atoms with van der Waals surface area (Å²) >= 11 is 0. The lowest BCUT2D eigenvalue weighted by Gasteiger charge is -2.10. The van der Waals surface area contributed by atoms with E-state index in [4.69, 9.17) is 0 Å². The molecule has 0 radical (unpaired) electrons. The highest BCUT2D eigenvalue weighted by atomic mass is 35.5. The van der Waals surface area contributed by atoms with E-state index in [0.717, 1.165) is 36.3 Å². The van der Waals surface area contributed by atoms with E-state index in [1.165, 1.54) is 17.7 Å². The van der Waals surface area contributed by atoms with Gasteiger partial charge in [-0.3, -0.25) is 4.79 Å². The van der Waals surface area contributed by atoms with E-state index < -0.39 is 17.6 Å². The Morgan fingerprint density at radius 3 is 2.57 bits per heavy atom. The average Bonchev–Trinajstić information content (AvgIpc) is 3.43. The number of pyridine rings is 1. The first-order valence-electron chi connectivity index (χ1n) is 10.6. The third-order valence-electron chi connectivity index (χ3n) is 5.86. The van der Waals surface area contributed by atoms with Crippen molar-refractivity contribution >= 4 is 42.1 Å². The lowest BCUT2D eigenvalue weighted by molar-refractivity contribution is -0.137. The molecule has 35 heavy (non-hydrogen) atoms. The Labute approximate surface area is 212 Å². The molecule has 1 aliphatic carbocycles. The Balaban J connectivity index is 0.00000171. The molecule has 0 unspecified atom stereocenters. The topological polar surface area (TPSA) is 58.4 Å². The number of carbonyl (C=O) groups is 1. The molecule has 2 N–H and O–H groups in total. The fraction of sp³-hybridized carbons (Fsp3) is 0.200. The van der Waals surface area contributed by atoms with Crippen LogP contribution in [-0.4, -0.2) is 21.3 Å². The van der Waals surface area contributed by atoms with Crippen LogP contribution < -0.4 is 10.6 Å². The predicted molar refractivity (Wildman–Crippen MR) is 134 cm³/mol. The molecule has 1 fully saturated rings. The minimum atomic E-state index is -4.49. The van der Waals surface area contributed by atoms with E-state index in [9.17, 15) is 18.0 Å². The smallest absolute Gasteiger partial charge is 0.322 e. The van der Waals surface area contributed by atoms with E-state index in [2.05, 4.69) is 27.9 Å². The molecule has 1 aliphatic rings. The van der Waals surface area contributed by atoms with Gasteiger partial charge in [-0.05, 0) is 53.9 Å². The van der Waals surface area contributed by atoms with Gasteiger partial charge in [-0.1, -0.05) is 24.3 Å². The fourth-order valence-corrected chi connectivity index (χ4v) is 3.96. The van der Waals surface area contributed by atoms with Gasteiger partial charge < -0.3 is 15.0 Å². The monoisotopic (exact) mass is 522 g/mol. The van der Waals surface area contributed by atoms with Gasteiger partial charge in [0.15, 0.2) is 0 Å². The maximum Gasteiger partial charge on any atom is 0.416 e. The Hall–Kier alpha value is -3.07. The highest BCUT2D eigenvalue weighted by molar-refractivity contribution is 6.04. The maximum absolute atomic E-state index is 12.9. The fourth-order valence-electron chi connectivity index (χ4n) is 3.96. The number of rotatable bonds is 6.